The first kappa shape index (κ1) is 14.4. The molecule has 1 atom stereocenters. The molecule has 1 heterocycles. The fourth-order valence-electron chi connectivity index (χ4n) is 1.90. The first-order valence-electron chi connectivity index (χ1n) is 5.96. The second-order valence-corrected chi connectivity index (χ2v) is 5.18. The van der Waals surface area contributed by atoms with Gasteiger partial charge in [-0.25, -0.2) is 9.78 Å². The Bertz CT molecular complexity index is 416. The smallest absolute Gasteiger partial charge is 0.354 e. The maximum atomic E-state index is 10.8. The lowest BCUT2D eigenvalue weighted by Crippen LogP contribution is -2.34. The Kier molecular flexibility index (Phi) is 4.67. The second-order valence-electron chi connectivity index (χ2n) is 5.18. The van der Waals surface area contributed by atoms with E-state index in [9.17, 15) is 9.90 Å². The minimum Gasteiger partial charge on any atom is -0.477 e. The molecule has 0 bridgehead atoms. The quantitative estimate of drug-likeness (QED) is 0.721. The van der Waals surface area contributed by atoms with E-state index in [-0.39, 0.29) is 5.69 Å². The van der Waals surface area contributed by atoms with Crippen LogP contribution in [0.15, 0.2) is 18.3 Å². The third-order valence-electron chi connectivity index (χ3n) is 2.50. The molecule has 0 aromatic carbocycles. The number of pyridine rings is 1. The van der Waals surface area contributed by atoms with E-state index in [4.69, 9.17) is 5.11 Å². The van der Waals surface area contributed by atoms with E-state index in [0.717, 1.165) is 0 Å². The number of hydrogen-bond acceptors (Lipinski definition) is 4. The first-order valence-corrected chi connectivity index (χ1v) is 5.96. The highest BCUT2D eigenvalue weighted by Crippen LogP contribution is 2.17. The van der Waals surface area contributed by atoms with Gasteiger partial charge in [-0.2, -0.15) is 0 Å². The Morgan fingerprint density at radius 1 is 1.56 bits per heavy atom. The number of aromatic carboxylic acids is 1. The highest BCUT2D eigenvalue weighted by Gasteiger charge is 2.21. The van der Waals surface area contributed by atoms with Crippen molar-refractivity contribution >= 4 is 11.7 Å². The summed E-state index contributed by atoms with van der Waals surface area (Å²) in [5, 5.41) is 22.0. The maximum Gasteiger partial charge on any atom is 0.354 e. The molecule has 1 rings (SSSR count). The zero-order chi connectivity index (χ0) is 13.8. The second kappa shape index (κ2) is 5.82. The molecule has 0 spiro atoms. The van der Waals surface area contributed by atoms with Gasteiger partial charge in [0.25, 0.3) is 0 Å². The summed E-state index contributed by atoms with van der Waals surface area (Å²) in [7, 11) is 0. The summed E-state index contributed by atoms with van der Waals surface area (Å²) in [5.74, 6) is -0.665. The predicted octanol–water partition coefficient (Wildman–Crippen LogP) is 1.99. The number of rotatable bonds is 6. The van der Waals surface area contributed by atoms with Crippen molar-refractivity contribution in [1.82, 2.24) is 4.98 Å². The van der Waals surface area contributed by atoms with Gasteiger partial charge in [0.15, 0.2) is 0 Å². The third-order valence-corrected chi connectivity index (χ3v) is 2.50. The minimum atomic E-state index is -1.06. The van der Waals surface area contributed by atoms with Crippen molar-refractivity contribution in [2.45, 2.75) is 32.8 Å². The summed E-state index contributed by atoms with van der Waals surface area (Å²) in [6, 6.07) is 3.13. The average molecular weight is 252 g/mol. The zero-order valence-electron chi connectivity index (χ0n) is 11.0. The van der Waals surface area contributed by atoms with Gasteiger partial charge in [0, 0.05) is 18.4 Å². The van der Waals surface area contributed by atoms with Crippen molar-refractivity contribution in [2.75, 3.05) is 11.9 Å². The Hall–Kier alpha value is -1.62. The molecular weight excluding hydrogens is 232 g/mol. The number of carboxylic acids is 1. The third kappa shape index (κ3) is 4.71. The topological polar surface area (TPSA) is 82.5 Å². The van der Waals surface area contributed by atoms with Crippen LogP contribution in [0.2, 0.25) is 0 Å². The van der Waals surface area contributed by atoms with Crippen molar-refractivity contribution in [3.63, 3.8) is 0 Å². The monoisotopic (exact) mass is 252 g/mol. The van der Waals surface area contributed by atoms with Crippen LogP contribution < -0.4 is 5.32 Å². The largest absolute Gasteiger partial charge is 0.477 e. The highest BCUT2D eigenvalue weighted by molar-refractivity contribution is 5.86. The van der Waals surface area contributed by atoms with E-state index in [1.165, 1.54) is 12.3 Å². The van der Waals surface area contributed by atoms with Gasteiger partial charge in [0.1, 0.15) is 5.69 Å². The molecule has 0 aliphatic carbocycles. The lowest BCUT2D eigenvalue weighted by Gasteiger charge is -2.26. The number of aliphatic hydroxyl groups is 1. The van der Waals surface area contributed by atoms with E-state index in [1.807, 2.05) is 13.8 Å². The molecule has 1 aromatic heterocycles. The molecule has 3 N–H and O–H groups in total. The molecule has 0 radical (unpaired) electrons. The SMILES string of the molecule is CC(C)CC(C)(O)CNc1ccnc(C(=O)O)c1. The molecule has 5 nitrogen and oxygen atoms in total. The van der Waals surface area contributed by atoms with E-state index >= 15 is 0 Å². The van der Waals surface area contributed by atoms with Crippen LogP contribution in [0.1, 0.15) is 37.7 Å². The van der Waals surface area contributed by atoms with Crippen LogP contribution in [0.3, 0.4) is 0 Å². The molecule has 0 saturated heterocycles. The van der Waals surface area contributed by atoms with Crippen LogP contribution in [0, 0.1) is 5.92 Å². The Morgan fingerprint density at radius 3 is 2.78 bits per heavy atom. The van der Waals surface area contributed by atoms with Gasteiger partial charge in [-0.15, -0.1) is 0 Å². The number of nitrogens with one attached hydrogen (secondary N) is 1. The van der Waals surface area contributed by atoms with Crippen molar-refractivity contribution in [1.29, 1.82) is 0 Å². The van der Waals surface area contributed by atoms with Gasteiger partial charge < -0.3 is 15.5 Å². The maximum absolute atomic E-state index is 10.8. The molecule has 1 unspecified atom stereocenters. The van der Waals surface area contributed by atoms with Gasteiger partial charge in [-0.1, -0.05) is 13.8 Å². The van der Waals surface area contributed by atoms with Gasteiger partial charge in [0.05, 0.1) is 5.60 Å². The average Bonchev–Trinajstić information content (AvgIpc) is 2.25. The Balaban J connectivity index is 2.63. The van der Waals surface area contributed by atoms with E-state index in [1.54, 1.807) is 13.0 Å². The van der Waals surface area contributed by atoms with Crippen LogP contribution in [-0.2, 0) is 0 Å². The van der Waals surface area contributed by atoms with E-state index < -0.39 is 11.6 Å². The standard InChI is InChI=1S/C13H20N2O3/c1-9(2)7-13(3,18)8-15-10-4-5-14-11(6-10)12(16)17/h4-6,9,18H,7-8H2,1-3H3,(H,14,15)(H,16,17). The van der Waals surface area contributed by atoms with Gasteiger partial charge in [0.2, 0.25) is 0 Å². The lowest BCUT2D eigenvalue weighted by atomic mass is 9.94. The molecule has 0 fully saturated rings. The summed E-state index contributed by atoms with van der Waals surface area (Å²) in [4.78, 5) is 14.5. The summed E-state index contributed by atoms with van der Waals surface area (Å²) < 4.78 is 0. The van der Waals surface area contributed by atoms with Crippen LogP contribution in [0.5, 0.6) is 0 Å². The normalized spacial score (nSPS) is 14.3. The van der Waals surface area contributed by atoms with Crippen molar-refractivity contribution in [3.05, 3.63) is 24.0 Å². The number of anilines is 1. The minimum absolute atomic E-state index is 0.0106. The van der Waals surface area contributed by atoms with Crippen molar-refractivity contribution in [2.24, 2.45) is 5.92 Å². The molecule has 0 aliphatic rings. The van der Waals surface area contributed by atoms with E-state index in [2.05, 4.69) is 10.3 Å². The summed E-state index contributed by atoms with van der Waals surface area (Å²) >= 11 is 0. The molecule has 5 heteroatoms. The number of nitrogens with zero attached hydrogens (tertiary/aromatic N) is 1. The summed E-state index contributed by atoms with van der Waals surface area (Å²) in [5.41, 5.74) is -0.184. The number of hydrogen-bond donors (Lipinski definition) is 3. The lowest BCUT2D eigenvalue weighted by molar-refractivity contribution is 0.0515. The van der Waals surface area contributed by atoms with Crippen LogP contribution in [0.4, 0.5) is 5.69 Å². The van der Waals surface area contributed by atoms with Crippen molar-refractivity contribution < 1.29 is 15.0 Å². The van der Waals surface area contributed by atoms with Crippen LogP contribution in [-0.4, -0.2) is 33.3 Å². The molecule has 0 saturated carbocycles. The molecule has 100 valence electrons. The number of carbonyl (C=O) groups is 1. The van der Waals surface area contributed by atoms with Gasteiger partial charge in [-0.3, -0.25) is 0 Å². The number of carboxylic acid groups (broad SMARTS) is 1. The Labute approximate surface area is 107 Å². The number of aromatic nitrogens is 1. The fraction of sp³-hybridized carbons (Fsp3) is 0.538. The molecular formula is C13H20N2O3. The van der Waals surface area contributed by atoms with E-state index in [0.29, 0.717) is 24.6 Å². The first-order chi connectivity index (χ1) is 8.30. The van der Waals surface area contributed by atoms with Crippen molar-refractivity contribution in [3.8, 4) is 0 Å². The predicted molar refractivity (Wildman–Crippen MR) is 69.8 cm³/mol. The molecule has 0 aliphatic heterocycles. The van der Waals surface area contributed by atoms with Gasteiger partial charge in [-0.05, 0) is 31.4 Å². The summed E-state index contributed by atoms with van der Waals surface area (Å²) in [6.07, 6.45) is 2.11. The van der Waals surface area contributed by atoms with Crippen LogP contribution in [0.25, 0.3) is 0 Å². The zero-order valence-corrected chi connectivity index (χ0v) is 11.0. The Morgan fingerprint density at radius 2 is 2.22 bits per heavy atom. The molecule has 1 aromatic rings. The summed E-state index contributed by atoms with van der Waals surface area (Å²) in [6.45, 7) is 6.22. The highest BCUT2D eigenvalue weighted by atomic mass is 16.4. The fourth-order valence-corrected chi connectivity index (χ4v) is 1.90. The van der Waals surface area contributed by atoms with Gasteiger partial charge >= 0.3 is 5.97 Å². The molecule has 0 amide bonds. The molecule has 18 heavy (non-hydrogen) atoms. The van der Waals surface area contributed by atoms with Crippen LogP contribution >= 0.6 is 0 Å².